The molecule has 0 saturated heterocycles. The largest absolute Gasteiger partial charge is 0.497 e. The van der Waals surface area contributed by atoms with E-state index in [4.69, 9.17) is 4.74 Å². The summed E-state index contributed by atoms with van der Waals surface area (Å²) in [6, 6.07) is 11.8. The van der Waals surface area contributed by atoms with Crippen molar-refractivity contribution in [1.29, 1.82) is 0 Å². The number of Topliss-reactive ketones (excluding diaryl/α,β-unsaturated/α-hetero) is 1. The number of fused-ring (bicyclic) bond motifs is 1. The zero-order chi connectivity index (χ0) is 14.7. The van der Waals surface area contributed by atoms with Crippen molar-refractivity contribution in [3.8, 4) is 5.75 Å². The Morgan fingerprint density at radius 1 is 1.19 bits per heavy atom. The molecular weight excluding hydrogens is 264 g/mol. The molecule has 0 saturated carbocycles. The summed E-state index contributed by atoms with van der Waals surface area (Å²) in [5.41, 5.74) is 1.35. The highest BCUT2D eigenvalue weighted by molar-refractivity contribution is 5.98. The predicted octanol–water partition coefficient (Wildman–Crippen LogP) is 3.06. The van der Waals surface area contributed by atoms with Crippen molar-refractivity contribution < 1.29 is 9.53 Å². The van der Waals surface area contributed by atoms with Gasteiger partial charge in [-0.2, -0.15) is 0 Å². The van der Waals surface area contributed by atoms with E-state index in [0.29, 0.717) is 12.1 Å². The molecule has 0 aliphatic carbocycles. The molecule has 3 rings (SSSR count). The van der Waals surface area contributed by atoms with Gasteiger partial charge in [-0.3, -0.25) is 9.78 Å². The normalized spacial score (nSPS) is 10.5. The number of benzene rings is 2. The molecule has 0 bridgehead atoms. The molecule has 0 radical (unpaired) electrons. The quantitative estimate of drug-likeness (QED) is 0.688. The van der Waals surface area contributed by atoms with Crippen molar-refractivity contribution in [2.75, 3.05) is 7.11 Å². The van der Waals surface area contributed by atoms with Crippen molar-refractivity contribution in [2.45, 2.75) is 6.42 Å². The van der Waals surface area contributed by atoms with Gasteiger partial charge in [-0.05, 0) is 28.5 Å². The van der Waals surface area contributed by atoms with Gasteiger partial charge in [0, 0.05) is 18.8 Å². The van der Waals surface area contributed by atoms with Gasteiger partial charge in [-0.25, -0.2) is 4.98 Å². The maximum atomic E-state index is 12.3. The molecule has 0 unspecified atom stereocenters. The van der Waals surface area contributed by atoms with Gasteiger partial charge in [-0.1, -0.05) is 24.3 Å². The first-order valence-corrected chi connectivity index (χ1v) is 6.63. The van der Waals surface area contributed by atoms with Crippen LogP contribution in [-0.4, -0.2) is 22.9 Å². The average Bonchev–Trinajstić information content (AvgIpc) is 2.55. The number of carbonyl (C=O) groups excluding carboxylic acids is 1. The minimum Gasteiger partial charge on any atom is -0.497 e. The van der Waals surface area contributed by atoms with Crippen LogP contribution in [0.25, 0.3) is 10.8 Å². The van der Waals surface area contributed by atoms with Crippen LogP contribution in [0.4, 0.5) is 0 Å². The number of ether oxygens (including phenoxy) is 1. The van der Waals surface area contributed by atoms with Gasteiger partial charge in [0.2, 0.25) is 0 Å². The van der Waals surface area contributed by atoms with Crippen molar-refractivity contribution in [2.24, 2.45) is 0 Å². The first-order valence-electron chi connectivity index (χ1n) is 6.63. The third kappa shape index (κ3) is 2.74. The lowest BCUT2D eigenvalue weighted by Crippen LogP contribution is -2.06. The van der Waals surface area contributed by atoms with Gasteiger partial charge in [0.05, 0.1) is 13.3 Å². The van der Waals surface area contributed by atoms with Crippen molar-refractivity contribution in [1.82, 2.24) is 9.97 Å². The van der Waals surface area contributed by atoms with Crippen LogP contribution >= 0.6 is 0 Å². The molecule has 0 N–H and O–H groups in total. The molecule has 0 atom stereocenters. The van der Waals surface area contributed by atoms with Gasteiger partial charge in [-0.15, -0.1) is 0 Å². The number of aromatic nitrogens is 2. The summed E-state index contributed by atoms with van der Waals surface area (Å²) in [7, 11) is 1.63. The topological polar surface area (TPSA) is 52.1 Å². The number of carbonyl (C=O) groups is 1. The lowest BCUT2D eigenvalue weighted by atomic mass is 9.99. The Balaban J connectivity index is 1.98. The average molecular weight is 278 g/mol. The molecular formula is C17H14N2O2. The van der Waals surface area contributed by atoms with Crippen LogP contribution < -0.4 is 4.74 Å². The number of nitrogens with zero attached hydrogens (tertiary/aromatic N) is 2. The zero-order valence-electron chi connectivity index (χ0n) is 11.6. The van der Waals surface area contributed by atoms with Crippen LogP contribution in [-0.2, 0) is 6.42 Å². The van der Waals surface area contributed by atoms with Crippen LogP contribution in [0.2, 0.25) is 0 Å². The fourth-order valence-corrected chi connectivity index (χ4v) is 2.30. The van der Waals surface area contributed by atoms with E-state index in [1.807, 2.05) is 36.4 Å². The summed E-state index contributed by atoms with van der Waals surface area (Å²) < 4.78 is 5.26. The number of hydrogen-bond donors (Lipinski definition) is 0. The van der Waals surface area contributed by atoms with E-state index < -0.39 is 0 Å². The maximum absolute atomic E-state index is 12.3. The molecule has 3 aromatic rings. The van der Waals surface area contributed by atoms with Crippen molar-refractivity contribution in [3.63, 3.8) is 0 Å². The van der Waals surface area contributed by atoms with E-state index in [1.54, 1.807) is 13.3 Å². The maximum Gasteiger partial charge on any atom is 0.187 e. The zero-order valence-corrected chi connectivity index (χ0v) is 11.6. The number of hydrogen-bond acceptors (Lipinski definition) is 4. The van der Waals surface area contributed by atoms with Crippen LogP contribution in [0.1, 0.15) is 16.1 Å². The molecule has 0 spiro atoms. The summed E-state index contributed by atoms with van der Waals surface area (Å²) in [5.74, 6) is 0.736. The van der Waals surface area contributed by atoms with Gasteiger partial charge < -0.3 is 4.74 Å². The lowest BCUT2D eigenvalue weighted by Gasteiger charge is -2.08. The Morgan fingerprint density at radius 3 is 2.86 bits per heavy atom. The van der Waals surface area contributed by atoms with E-state index in [1.165, 1.54) is 12.4 Å². The summed E-state index contributed by atoms with van der Waals surface area (Å²) in [6.07, 6.45) is 4.87. The molecule has 2 aromatic carbocycles. The van der Waals surface area contributed by atoms with E-state index in [0.717, 1.165) is 22.1 Å². The van der Waals surface area contributed by atoms with Gasteiger partial charge >= 0.3 is 0 Å². The molecule has 4 heteroatoms. The first kappa shape index (κ1) is 13.2. The van der Waals surface area contributed by atoms with Crippen LogP contribution in [0.15, 0.2) is 55.0 Å². The molecule has 0 amide bonds. The second-order valence-electron chi connectivity index (χ2n) is 4.69. The highest BCUT2D eigenvalue weighted by Gasteiger charge is 2.11. The van der Waals surface area contributed by atoms with Gasteiger partial charge in [0.25, 0.3) is 0 Å². The van der Waals surface area contributed by atoms with Gasteiger partial charge in [0.15, 0.2) is 5.78 Å². The minimum atomic E-state index is -0.0431. The van der Waals surface area contributed by atoms with E-state index in [-0.39, 0.29) is 5.78 Å². The molecule has 21 heavy (non-hydrogen) atoms. The molecule has 4 nitrogen and oxygen atoms in total. The highest BCUT2D eigenvalue weighted by Crippen LogP contribution is 2.24. The monoisotopic (exact) mass is 278 g/mol. The lowest BCUT2D eigenvalue weighted by molar-refractivity contribution is 0.0988. The molecule has 1 heterocycles. The smallest absolute Gasteiger partial charge is 0.187 e. The Labute approximate surface area is 122 Å². The Morgan fingerprint density at radius 2 is 2.10 bits per heavy atom. The predicted molar refractivity (Wildman–Crippen MR) is 80.6 cm³/mol. The SMILES string of the molecule is COc1ccc2cccc(CC(=O)c3cnccn3)c2c1. The Hall–Kier alpha value is -2.75. The summed E-state index contributed by atoms with van der Waals surface area (Å²) in [6.45, 7) is 0. The fourth-order valence-electron chi connectivity index (χ4n) is 2.30. The molecule has 104 valence electrons. The third-order valence-electron chi connectivity index (χ3n) is 3.38. The summed E-state index contributed by atoms with van der Waals surface area (Å²) in [4.78, 5) is 20.3. The van der Waals surface area contributed by atoms with Gasteiger partial charge in [0.1, 0.15) is 11.4 Å². The van der Waals surface area contributed by atoms with E-state index >= 15 is 0 Å². The number of ketones is 1. The Kier molecular flexibility index (Phi) is 3.60. The fraction of sp³-hybridized carbons (Fsp3) is 0.118. The summed E-state index contributed by atoms with van der Waals surface area (Å²) in [5, 5.41) is 2.11. The Bertz CT molecular complexity index is 785. The summed E-state index contributed by atoms with van der Waals surface area (Å²) >= 11 is 0. The van der Waals surface area contributed by atoms with E-state index in [9.17, 15) is 4.79 Å². The molecule has 0 fully saturated rings. The number of methoxy groups -OCH3 is 1. The van der Waals surface area contributed by atoms with Crippen LogP contribution in [0.5, 0.6) is 5.75 Å². The number of rotatable bonds is 4. The van der Waals surface area contributed by atoms with Crippen molar-refractivity contribution in [3.05, 3.63) is 66.2 Å². The van der Waals surface area contributed by atoms with Crippen molar-refractivity contribution >= 4 is 16.6 Å². The van der Waals surface area contributed by atoms with Crippen LogP contribution in [0, 0.1) is 0 Å². The molecule has 0 aliphatic heterocycles. The second-order valence-corrected chi connectivity index (χ2v) is 4.69. The molecule has 0 aliphatic rings. The highest BCUT2D eigenvalue weighted by atomic mass is 16.5. The minimum absolute atomic E-state index is 0.0431. The molecule has 1 aromatic heterocycles. The van der Waals surface area contributed by atoms with Crippen LogP contribution in [0.3, 0.4) is 0 Å². The first-order chi connectivity index (χ1) is 10.3. The second kappa shape index (κ2) is 5.71. The standard InChI is InChI=1S/C17H14N2O2/c1-21-14-6-5-12-3-2-4-13(15(12)10-14)9-17(20)16-11-18-7-8-19-16/h2-8,10-11H,9H2,1H3. The third-order valence-corrected chi connectivity index (χ3v) is 3.38. The van der Waals surface area contributed by atoms with E-state index in [2.05, 4.69) is 9.97 Å².